The van der Waals surface area contributed by atoms with Gasteiger partial charge in [-0.2, -0.15) is 0 Å². The molecule has 7 heteroatoms. The summed E-state index contributed by atoms with van der Waals surface area (Å²) < 4.78 is 0. The first-order valence-electron chi connectivity index (χ1n) is 4.10. The minimum atomic E-state index is -1.24. The minimum Gasteiger partial charge on any atom is -0.481 e. The van der Waals surface area contributed by atoms with E-state index in [2.05, 4.69) is 4.98 Å². The summed E-state index contributed by atoms with van der Waals surface area (Å²) in [6, 6.07) is 0. The number of carboxylic acid groups (broad SMARTS) is 1. The quantitative estimate of drug-likeness (QED) is 0.526. The third kappa shape index (κ3) is 2.64. The molecule has 1 aromatic rings. The van der Waals surface area contributed by atoms with Crippen LogP contribution in [0.25, 0.3) is 0 Å². The number of nitrogens with zero attached hydrogens (tertiary/aromatic N) is 1. The second-order valence-electron chi connectivity index (χ2n) is 2.98. The van der Waals surface area contributed by atoms with E-state index in [-0.39, 0.29) is 26.5 Å². The highest BCUT2D eigenvalue weighted by Crippen LogP contribution is 2.33. The molecule has 1 rings (SSSR count). The van der Waals surface area contributed by atoms with Gasteiger partial charge in [0.05, 0.1) is 21.3 Å². The predicted molar refractivity (Wildman–Crippen MR) is 60.6 cm³/mol. The van der Waals surface area contributed by atoms with Crippen molar-refractivity contribution in [3.8, 4) is 0 Å². The Morgan fingerprint density at radius 3 is 2.31 bits per heavy atom. The Hall–Kier alpha value is -0.840. The van der Waals surface area contributed by atoms with E-state index in [9.17, 15) is 9.59 Å². The lowest BCUT2D eigenvalue weighted by atomic mass is 10.1. The number of aliphatic carboxylic acids is 1. The SMILES string of the molecule is Cc1nc(Cl)c(Cl)c(Cl)c1C(=O)CC(=O)O. The molecule has 0 spiro atoms. The van der Waals surface area contributed by atoms with Crippen LogP contribution in [0.3, 0.4) is 0 Å². The van der Waals surface area contributed by atoms with Crippen molar-refractivity contribution in [1.29, 1.82) is 0 Å². The van der Waals surface area contributed by atoms with Crippen molar-refractivity contribution in [2.24, 2.45) is 0 Å². The monoisotopic (exact) mass is 281 g/mol. The molecular formula is C9H6Cl3NO3. The first-order chi connectivity index (χ1) is 7.34. The van der Waals surface area contributed by atoms with Gasteiger partial charge in [-0.25, -0.2) is 4.98 Å². The number of aromatic nitrogens is 1. The average Bonchev–Trinajstić information content (AvgIpc) is 2.13. The molecular weight excluding hydrogens is 276 g/mol. The molecule has 0 saturated carbocycles. The maximum absolute atomic E-state index is 11.6. The van der Waals surface area contributed by atoms with Gasteiger partial charge in [-0.15, -0.1) is 0 Å². The van der Waals surface area contributed by atoms with Crippen LogP contribution in [-0.4, -0.2) is 21.8 Å². The molecule has 0 aliphatic heterocycles. The predicted octanol–water partition coefficient (Wildman–Crippen LogP) is 3.01. The number of halogens is 3. The summed E-state index contributed by atoms with van der Waals surface area (Å²) in [6.07, 6.45) is -0.666. The maximum atomic E-state index is 11.6. The Balaban J connectivity index is 3.29. The van der Waals surface area contributed by atoms with E-state index in [4.69, 9.17) is 39.9 Å². The summed E-state index contributed by atoms with van der Waals surface area (Å²) in [5.74, 6) is -1.90. The number of carboxylic acids is 1. The molecule has 0 radical (unpaired) electrons. The largest absolute Gasteiger partial charge is 0.481 e. The normalized spacial score (nSPS) is 10.2. The number of carbonyl (C=O) groups excluding carboxylic acids is 1. The lowest BCUT2D eigenvalue weighted by molar-refractivity contribution is -0.135. The van der Waals surface area contributed by atoms with Crippen LogP contribution in [0.4, 0.5) is 0 Å². The molecule has 1 aromatic heterocycles. The van der Waals surface area contributed by atoms with Crippen LogP contribution in [0.5, 0.6) is 0 Å². The van der Waals surface area contributed by atoms with Gasteiger partial charge in [0.15, 0.2) is 5.78 Å². The van der Waals surface area contributed by atoms with E-state index in [1.165, 1.54) is 6.92 Å². The first-order valence-corrected chi connectivity index (χ1v) is 5.24. The number of Topliss-reactive ketones (excluding diaryl/α,β-unsaturated/α-hetero) is 1. The van der Waals surface area contributed by atoms with E-state index in [1.54, 1.807) is 0 Å². The van der Waals surface area contributed by atoms with Crippen LogP contribution < -0.4 is 0 Å². The molecule has 0 bridgehead atoms. The number of carbonyl (C=O) groups is 2. The summed E-state index contributed by atoms with van der Waals surface area (Å²) >= 11 is 17.2. The highest BCUT2D eigenvalue weighted by Gasteiger charge is 2.21. The summed E-state index contributed by atoms with van der Waals surface area (Å²) in [6.45, 7) is 1.50. The van der Waals surface area contributed by atoms with Crippen LogP contribution in [0.15, 0.2) is 0 Å². The van der Waals surface area contributed by atoms with Gasteiger partial charge in [-0.1, -0.05) is 34.8 Å². The lowest BCUT2D eigenvalue weighted by Gasteiger charge is -2.08. The zero-order valence-corrected chi connectivity index (χ0v) is 10.3. The topological polar surface area (TPSA) is 67.3 Å². The summed E-state index contributed by atoms with van der Waals surface area (Å²) in [5, 5.41) is 8.37. The van der Waals surface area contributed by atoms with Crippen LogP contribution in [0.2, 0.25) is 15.2 Å². The molecule has 86 valence electrons. The molecule has 0 atom stereocenters. The molecule has 0 aromatic carbocycles. The van der Waals surface area contributed by atoms with Crippen molar-refractivity contribution in [2.75, 3.05) is 0 Å². The number of ketones is 1. The molecule has 0 aliphatic rings. The fourth-order valence-electron chi connectivity index (χ4n) is 1.16. The Kier molecular flexibility index (Phi) is 4.13. The number of hydrogen-bond acceptors (Lipinski definition) is 3. The van der Waals surface area contributed by atoms with Gasteiger partial charge in [0.2, 0.25) is 0 Å². The number of aryl methyl sites for hydroxylation is 1. The van der Waals surface area contributed by atoms with E-state index >= 15 is 0 Å². The number of rotatable bonds is 3. The number of hydrogen-bond donors (Lipinski definition) is 1. The van der Waals surface area contributed by atoms with E-state index in [0.29, 0.717) is 0 Å². The van der Waals surface area contributed by atoms with Gasteiger partial charge in [-0.05, 0) is 6.92 Å². The lowest BCUT2D eigenvalue weighted by Crippen LogP contribution is -2.10. The zero-order chi connectivity index (χ0) is 12.5. The van der Waals surface area contributed by atoms with Crippen LogP contribution in [0, 0.1) is 6.92 Å². The van der Waals surface area contributed by atoms with Crippen LogP contribution >= 0.6 is 34.8 Å². The van der Waals surface area contributed by atoms with E-state index < -0.39 is 18.2 Å². The molecule has 0 amide bonds. The highest BCUT2D eigenvalue weighted by molar-refractivity contribution is 6.48. The highest BCUT2D eigenvalue weighted by atomic mass is 35.5. The maximum Gasteiger partial charge on any atom is 0.311 e. The zero-order valence-electron chi connectivity index (χ0n) is 8.05. The second-order valence-corrected chi connectivity index (χ2v) is 4.10. The molecule has 1 N–H and O–H groups in total. The first kappa shape index (κ1) is 13.2. The molecule has 0 saturated heterocycles. The number of pyridine rings is 1. The van der Waals surface area contributed by atoms with Crippen molar-refractivity contribution >= 4 is 46.6 Å². The Bertz CT molecular complexity index is 474. The standard InChI is InChI=1S/C9H6Cl3NO3/c1-3-6(4(14)2-5(15)16)7(10)8(11)9(12)13-3/h2H2,1H3,(H,15,16). The van der Waals surface area contributed by atoms with Crippen molar-refractivity contribution in [3.05, 3.63) is 26.5 Å². The summed E-state index contributed by atoms with van der Waals surface area (Å²) in [4.78, 5) is 25.8. The smallest absolute Gasteiger partial charge is 0.311 e. The third-order valence-corrected chi connectivity index (χ3v) is 3.02. The van der Waals surface area contributed by atoms with E-state index in [1.807, 2.05) is 0 Å². The van der Waals surface area contributed by atoms with Gasteiger partial charge in [0.1, 0.15) is 11.6 Å². The van der Waals surface area contributed by atoms with Crippen LogP contribution in [-0.2, 0) is 4.79 Å². The molecule has 1 heterocycles. The van der Waals surface area contributed by atoms with Crippen LogP contribution in [0.1, 0.15) is 22.5 Å². The Morgan fingerprint density at radius 2 is 1.81 bits per heavy atom. The Labute approximate surface area is 106 Å². The summed E-state index contributed by atoms with van der Waals surface area (Å²) in [5.41, 5.74) is 0.254. The van der Waals surface area contributed by atoms with E-state index in [0.717, 1.165) is 0 Å². The minimum absolute atomic E-state index is 0.00142. The molecule has 0 unspecified atom stereocenters. The molecule has 0 aliphatic carbocycles. The molecule has 4 nitrogen and oxygen atoms in total. The fraction of sp³-hybridized carbons (Fsp3) is 0.222. The molecule has 0 fully saturated rings. The third-order valence-electron chi connectivity index (χ3n) is 1.81. The van der Waals surface area contributed by atoms with Gasteiger partial charge in [0.25, 0.3) is 0 Å². The van der Waals surface area contributed by atoms with Crippen molar-refractivity contribution in [2.45, 2.75) is 13.3 Å². The van der Waals surface area contributed by atoms with Crippen molar-refractivity contribution in [3.63, 3.8) is 0 Å². The summed E-state index contributed by atoms with van der Waals surface area (Å²) in [7, 11) is 0. The molecule has 16 heavy (non-hydrogen) atoms. The van der Waals surface area contributed by atoms with Crippen molar-refractivity contribution in [1.82, 2.24) is 4.98 Å². The average molecular weight is 283 g/mol. The second kappa shape index (κ2) is 4.99. The van der Waals surface area contributed by atoms with Gasteiger partial charge >= 0.3 is 5.97 Å². The van der Waals surface area contributed by atoms with Gasteiger partial charge in [-0.3, -0.25) is 9.59 Å². The Morgan fingerprint density at radius 1 is 1.25 bits per heavy atom. The van der Waals surface area contributed by atoms with Gasteiger partial charge < -0.3 is 5.11 Å². The van der Waals surface area contributed by atoms with Crippen molar-refractivity contribution < 1.29 is 14.7 Å². The fourth-order valence-corrected chi connectivity index (χ4v) is 1.90. The van der Waals surface area contributed by atoms with Gasteiger partial charge in [0, 0.05) is 0 Å².